The summed E-state index contributed by atoms with van der Waals surface area (Å²) in [6.45, 7) is 4.62. The second-order valence-electron chi connectivity index (χ2n) is 10.4. The maximum Gasteiger partial charge on any atom is 0.312 e. The molecule has 6 rings (SSSR count). The molecule has 6 bridgehead atoms. The molecular formula is C22H34O2. The van der Waals surface area contributed by atoms with E-state index in [2.05, 4.69) is 13.8 Å². The highest BCUT2D eigenvalue weighted by Crippen LogP contribution is 2.62. The van der Waals surface area contributed by atoms with Crippen molar-refractivity contribution in [2.45, 2.75) is 90.1 Å². The molecule has 2 nitrogen and oxygen atoms in total. The van der Waals surface area contributed by atoms with Crippen molar-refractivity contribution >= 4 is 5.97 Å². The van der Waals surface area contributed by atoms with E-state index >= 15 is 0 Å². The van der Waals surface area contributed by atoms with Crippen LogP contribution in [0, 0.1) is 40.9 Å². The van der Waals surface area contributed by atoms with E-state index < -0.39 is 0 Å². The van der Waals surface area contributed by atoms with E-state index in [0.29, 0.717) is 11.8 Å². The fourth-order valence-electron chi connectivity index (χ4n) is 8.14. The number of ether oxygens (including phenoxy) is 1. The molecular weight excluding hydrogens is 296 g/mol. The van der Waals surface area contributed by atoms with E-state index in [0.717, 1.165) is 55.8 Å². The van der Waals surface area contributed by atoms with Gasteiger partial charge in [0.05, 0.1) is 5.41 Å². The zero-order valence-corrected chi connectivity index (χ0v) is 15.6. The van der Waals surface area contributed by atoms with Crippen LogP contribution in [0.25, 0.3) is 0 Å². The standard InChI is InChI=1S/C22H34O2/c1-3-14(2)22(13-15-4-5-19(22)9-15)24-20(23)21-10-16-6-17(11-21)8-18(7-16)12-21/h14-19H,3-13H2,1-2H3. The lowest BCUT2D eigenvalue weighted by atomic mass is 9.49. The Kier molecular flexibility index (Phi) is 3.43. The third-order valence-corrected chi connectivity index (χ3v) is 9.04. The van der Waals surface area contributed by atoms with E-state index in [1.165, 1.54) is 38.5 Å². The quantitative estimate of drug-likeness (QED) is 0.649. The van der Waals surface area contributed by atoms with Crippen LogP contribution >= 0.6 is 0 Å². The number of esters is 1. The first kappa shape index (κ1) is 15.7. The summed E-state index contributed by atoms with van der Waals surface area (Å²) in [5, 5.41) is 0. The molecule has 0 aliphatic heterocycles. The molecule has 0 saturated heterocycles. The van der Waals surface area contributed by atoms with Gasteiger partial charge in [-0.3, -0.25) is 4.79 Å². The van der Waals surface area contributed by atoms with Gasteiger partial charge in [0.15, 0.2) is 0 Å². The lowest BCUT2D eigenvalue weighted by Crippen LogP contribution is -2.54. The Morgan fingerprint density at radius 1 is 0.958 bits per heavy atom. The first-order valence-electron chi connectivity index (χ1n) is 10.8. The van der Waals surface area contributed by atoms with Gasteiger partial charge in [0.2, 0.25) is 0 Å². The lowest BCUT2D eigenvalue weighted by Gasteiger charge is -2.56. The summed E-state index contributed by atoms with van der Waals surface area (Å²) in [5.74, 6) is 4.69. The highest BCUT2D eigenvalue weighted by molar-refractivity contribution is 5.78. The molecule has 6 saturated carbocycles. The van der Waals surface area contributed by atoms with Gasteiger partial charge >= 0.3 is 5.97 Å². The Hall–Kier alpha value is -0.530. The monoisotopic (exact) mass is 330 g/mol. The van der Waals surface area contributed by atoms with Gasteiger partial charge in [-0.15, -0.1) is 0 Å². The Labute approximate surface area is 147 Å². The normalized spacial score (nSPS) is 52.7. The first-order chi connectivity index (χ1) is 11.5. The van der Waals surface area contributed by atoms with Gasteiger partial charge in [0, 0.05) is 0 Å². The zero-order chi connectivity index (χ0) is 16.5. The predicted molar refractivity (Wildman–Crippen MR) is 94.3 cm³/mol. The van der Waals surface area contributed by atoms with E-state index in [1.54, 1.807) is 0 Å². The molecule has 0 heterocycles. The smallest absolute Gasteiger partial charge is 0.312 e. The van der Waals surface area contributed by atoms with Crippen LogP contribution in [-0.4, -0.2) is 11.6 Å². The van der Waals surface area contributed by atoms with Crippen LogP contribution < -0.4 is 0 Å². The highest BCUT2D eigenvalue weighted by atomic mass is 16.6. The van der Waals surface area contributed by atoms with E-state index in [-0.39, 0.29) is 17.0 Å². The molecule has 0 spiro atoms. The summed E-state index contributed by atoms with van der Waals surface area (Å²) in [7, 11) is 0. The Morgan fingerprint density at radius 2 is 1.58 bits per heavy atom. The second-order valence-corrected chi connectivity index (χ2v) is 10.4. The van der Waals surface area contributed by atoms with Gasteiger partial charge in [-0.2, -0.15) is 0 Å². The Morgan fingerprint density at radius 3 is 2.04 bits per heavy atom. The van der Waals surface area contributed by atoms with Gasteiger partial charge in [-0.25, -0.2) is 0 Å². The van der Waals surface area contributed by atoms with Crippen molar-refractivity contribution in [2.75, 3.05) is 0 Å². The van der Waals surface area contributed by atoms with Gasteiger partial charge < -0.3 is 4.74 Å². The predicted octanol–water partition coefficient (Wildman–Crippen LogP) is 5.35. The number of hydrogen-bond acceptors (Lipinski definition) is 2. The summed E-state index contributed by atoms with van der Waals surface area (Å²) in [6, 6.07) is 0. The molecule has 4 unspecified atom stereocenters. The van der Waals surface area contributed by atoms with Crippen LogP contribution in [0.3, 0.4) is 0 Å². The molecule has 0 radical (unpaired) electrons. The van der Waals surface area contributed by atoms with Gasteiger partial charge in [0.1, 0.15) is 5.60 Å². The molecule has 0 N–H and O–H groups in total. The van der Waals surface area contributed by atoms with Crippen molar-refractivity contribution in [2.24, 2.45) is 40.9 Å². The van der Waals surface area contributed by atoms with Crippen molar-refractivity contribution in [3.05, 3.63) is 0 Å². The molecule has 0 aromatic heterocycles. The summed E-state index contributed by atoms with van der Waals surface area (Å²) >= 11 is 0. The lowest BCUT2D eigenvalue weighted by molar-refractivity contribution is -0.199. The van der Waals surface area contributed by atoms with Crippen molar-refractivity contribution < 1.29 is 9.53 Å². The number of fused-ring (bicyclic) bond motifs is 2. The summed E-state index contributed by atoms with van der Waals surface area (Å²) in [5.41, 5.74) is -0.199. The van der Waals surface area contributed by atoms with Crippen molar-refractivity contribution in [3.63, 3.8) is 0 Å². The highest BCUT2D eigenvalue weighted by Gasteiger charge is 2.60. The molecule has 0 aromatic rings. The van der Waals surface area contributed by atoms with Crippen LogP contribution in [-0.2, 0) is 9.53 Å². The summed E-state index contributed by atoms with van der Waals surface area (Å²) < 4.78 is 6.63. The summed E-state index contributed by atoms with van der Waals surface area (Å²) in [4.78, 5) is 13.5. The van der Waals surface area contributed by atoms with Crippen molar-refractivity contribution in [3.8, 4) is 0 Å². The van der Waals surface area contributed by atoms with Crippen LogP contribution in [0.15, 0.2) is 0 Å². The molecule has 134 valence electrons. The average molecular weight is 331 g/mol. The summed E-state index contributed by atoms with van der Waals surface area (Å²) in [6.07, 6.45) is 13.9. The number of hydrogen-bond donors (Lipinski definition) is 0. The molecule has 2 heteroatoms. The van der Waals surface area contributed by atoms with Gasteiger partial charge in [-0.1, -0.05) is 13.8 Å². The fraction of sp³-hybridized carbons (Fsp3) is 0.955. The number of carbonyl (C=O) groups excluding carboxylic acids is 1. The molecule has 4 atom stereocenters. The largest absolute Gasteiger partial charge is 0.458 e. The minimum atomic E-state index is -0.113. The SMILES string of the molecule is CCC(C)C1(OC(=O)C23CC4CC(CC(C4)C2)C3)CC2CCC1C2. The zero-order valence-electron chi connectivity index (χ0n) is 15.6. The van der Waals surface area contributed by atoms with Crippen molar-refractivity contribution in [1.29, 1.82) is 0 Å². The topological polar surface area (TPSA) is 26.3 Å². The van der Waals surface area contributed by atoms with Crippen LogP contribution in [0.5, 0.6) is 0 Å². The van der Waals surface area contributed by atoms with Gasteiger partial charge in [0.25, 0.3) is 0 Å². The maximum absolute atomic E-state index is 13.5. The van der Waals surface area contributed by atoms with Crippen LogP contribution in [0.4, 0.5) is 0 Å². The number of rotatable bonds is 4. The molecule has 6 fully saturated rings. The van der Waals surface area contributed by atoms with E-state index in [1.807, 2.05) is 0 Å². The average Bonchev–Trinajstić information content (AvgIpc) is 3.14. The first-order valence-corrected chi connectivity index (χ1v) is 10.8. The molecule has 6 aliphatic carbocycles. The minimum absolute atomic E-state index is 0.0863. The second kappa shape index (κ2) is 5.24. The molecule has 0 amide bonds. The third-order valence-electron chi connectivity index (χ3n) is 9.04. The van der Waals surface area contributed by atoms with E-state index in [9.17, 15) is 4.79 Å². The van der Waals surface area contributed by atoms with Crippen LogP contribution in [0.1, 0.15) is 84.5 Å². The molecule has 6 aliphatic rings. The molecule has 0 aromatic carbocycles. The Bertz CT molecular complexity index is 503. The number of carbonyl (C=O) groups is 1. The maximum atomic E-state index is 13.5. The van der Waals surface area contributed by atoms with Crippen molar-refractivity contribution in [1.82, 2.24) is 0 Å². The fourth-order valence-corrected chi connectivity index (χ4v) is 8.14. The van der Waals surface area contributed by atoms with Gasteiger partial charge in [-0.05, 0) is 106 Å². The third kappa shape index (κ3) is 2.10. The molecule has 24 heavy (non-hydrogen) atoms. The Balaban J connectivity index is 1.41. The van der Waals surface area contributed by atoms with E-state index in [4.69, 9.17) is 4.74 Å². The van der Waals surface area contributed by atoms with Crippen LogP contribution in [0.2, 0.25) is 0 Å². The minimum Gasteiger partial charge on any atom is -0.458 e.